The second-order valence-electron chi connectivity index (χ2n) is 26.7. The molecule has 0 heterocycles. The summed E-state index contributed by atoms with van der Waals surface area (Å²) < 4.78 is 23.5. The Morgan fingerprint density at radius 3 is 0.926 bits per heavy atom. The fraction of sp³-hybridized carbons (Fsp3) is 0.958. The van der Waals surface area contributed by atoms with E-state index in [1.54, 1.807) is 6.08 Å². The summed E-state index contributed by atoms with van der Waals surface area (Å²) in [6, 6.07) is -0.884. The first kappa shape index (κ1) is 80.2. The van der Waals surface area contributed by atoms with Crippen molar-refractivity contribution in [2.75, 3.05) is 40.9 Å². The molecule has 484 valence electrons. The molecule has 0 aromatic rings. The normalized spacial score (nSPS) is 13.6. The molecular formula is C72H145N2O6P. The van der Waals surface area contributed by atoms with Gasteiger partial charge in [0.2, 0.25) is 5.91 Å². The maximum absolute atomic E-state index is 13.0. The second-order valence-corrected chi connectivity index (χ2v) is 28.1. The highest BCUT2D eigenvalue weighted by atomic mass is 31.2. The van der Waals surface area contributed by atoms with Gasteiger partial charge in [-0.2, -0.15) is 0 Å². The van der Waals surface area contributed by atoms with Crippen LogP contribution in [0.4, 0.5) is 0 Å². The zero-order valence-electron chi connectivity index (χ0n) is 55.5. The Hall–Kier alpha value is -0.760. The topological polar surface area (TPSA) is 108 Å². The molecule has 1 amide bonds. The molecule has 0 aliphatic carbocycles. The number of nitrogens with one attached hydrogen (secondary N) is 1. The third-order valence-electron chi connectivity index (χ3n) is 17.2. The van der Waals surface area contributed by atoms with Gasteiger partial charge in [0.25, 0.3) is 7.82 Å². The first-order valence-corrected chi connectivity index (χ1v) is 38.0. The largest absolute Gasteiger partial charge is 0.756 e. The van der Waals surface area contributed by atoms with Crippen LogP contribution in [0.2, 0.25) is 0 Å². The van der Waals surface area contributed by atoms with Gasteiger partial charge in [0.05, 0.1) is 39.9 Å². The molecule has 3 atom stereocenters. The molecule has 8 nitrogen and oxygen atoms in total. The first-order chi connectivity index (χ1) is 39.5. The highest BCUT2D eigenvalue weighted by molar-refractivity contribution is 7.45. The van der Waals surface area contributed by atoms with E-state index in [1.807, 2.05) is 27.2 Å². The van der Waals surface area contributed by atoms with E-state index in [0.29, 0.717) is 17.4 Å². The Labute approximate surface area is 507 Å². The van der Waals surface area contributed by atoms with Gasteiger partial charge >= 0.3 is 0 Å². The number of phosphoric ester groups is 1. The van der Waals surface area contributed by atoms with Gasteiger partial charge in [-0.3, -0.25) is 9.36 Å². The molecule has 0 spiro atoms. The van der Waals surface area contributed by atoms with Crippen LogP contribution >= 0.6 is 7.82 Å². The third-order valence-corrected chi connectivity index (χ3v) is 18.2. The minimum Gasteiger partial charge on any atom is -0.756 e. The molecule has 2 N–H and O–H groups in total. The number of phosphoric acid groups is 1. The number of rotatable bonds is 69. The number of hydrogen-bond acceptors (Lipinski definition) is 6. The van der Waals surface area contributed by atoms with E-state index in [0.717, 1.165) is 38.5 Å². The van der Waals surface area contributed by atoms with Crippen LogP contribution in [0, 0.1) is 0 Å². The zero-order valence-corrected chi connectivity index (χ0v) is 56.4. The van der Waals surface area contributed by atoms with Crippen molar-refractivity contribution in [3.8, 4) is 0 Å². The van der Waals surface area contributed by atoms with Crippen LogP contribution in [0.25, 0.3) is 0 Å². The van der Waals surface area contributed by atoms with E-state index >= 15 is 0 Å². The van der Waals surface area contributed by atoms with E-state index in [2.05, 4.69) is 19.2 Å². The van der Waals surface area contributed by atoms with Gasteiger partial charge in [-0.25, -0.2) is 0 Å². The predicted octanol–water partition coefficient (Wildman–Crippen LogP) is 22.7. The fourth-order valence-corrected chi connectivity index (χ4v) is 12.3. The number of amides is 1. The summed E-state index contributed by atoms with van der Waals surface area (Å²) in [5.41, 5.74) is 0. The summed E-state index contributed by atoms with van der Waals surface area (Å²) in [5, 5.41) is 14.0. The lowest BCUT2D eigenvalue weighted by Gasteiger charge is -2.29. The number of carbonyl (C=O) groups excluding carboxylic acids is 1. The van der Waals surface area contributed by atoms with Gasteiger partial charge in [0.1, 0.15) is 13.2 Å². The Morgan fingerprint density at radius 1 is 0.420 bits per heavy atom. The van der Waals surface area contributed by atoms with E-state index in [9.17, 15) is 19.4 Å². The molecule has 0 aromatic heterocycles. The Bertz CT molecular complexity index is 1320. The number of aliphatic hydroxyl groups excluding tert-OH is 1. The van der Waals surface area contributed by atoms with Crippen molar-refractivity contribution in [1.29, 1.82) is 0 Å². The molecule has 0 radical (unpaired) electrons. The monoisotopic (exact) mass is 1170 g/mol. The lowest BCUT2D eigenvalue weighted by molar-refractivity contribution is -0.870. The van der Waals surface area contributed by atoms with Crippen molar-refractivity contribution in [2.45, 2.75) is 405 Å². The van der Waals surface area contributed by atoms with Crippen LogP contribution in [0.3, 0.4) is 0 Å². The van der Waals surface area contributed by atoms with Crippen molar-refractivity contribution in [3.05, 3.63) is 12.2 Å². The van der Waals surface area contributed by atoms with E-state index in [-0.39, 0.29) is 19.1 Å². The quantitative estimate of drug-likeness (QED) is 0.0272. The molecule has 0 rings (SSSR count). The number of aliphatic hydroxyl groups is 1. The van der Waals surface area contributed by atoms with E-state index < -0.39 is 20.0 Å². The Balaban J connectivity index is 3.99. The summed E-state index contributed by atoms with van der Waals surface area (Å²) >= 11 is 0. The molecule has 0 aliphatic heterocycles. The van der Waals surface area contributed by atoms with Gasteiger partial charge < -0.3 is 28.8 Å². The van der Waals surface area contributed by atoms with Crippen LogP contribution in [0.1, 0.15) is 393 Å². The van der Waals surface area contributed by atoms with Gasteiger partial charge in [-0.05, 0) is 19.3 Å². The number of carbonyl (C=O) groups is 1. The fourth-order valence-electron chi connectivity index (χ4n) is 11.6. The van der Waals surface area contributed by atoms with Crippen LogP contribution in [0.5, 0.6) is 0 Å². The average molecular weight is 1170 g/mol. The maximum Gasteiger partial charge on any atom is 0.268 e. The zero-order chi connectivity index (χ0) is 59.1. The summed E-state index contributed by atoms with van der Waals surface area (Å²) in [7, 11) is 1.29. The molecule has 81 heavy (non-hydrogen) atoms. The summed E-state index contributed by atoms with van der Waals surface area (Å²) in [6.45, 7) is 4.73. The molecule has 9 heteroatoms. The third kappa shape index (κ3) is 66.6. The SMILES string of the molecule is CCCCCCCCCCCCCCCCCCCCCCCCCCC/C=C/C(O)C(COP(=O)([O-])OCC[N+](C)(C)C)NC(=O)CCCCCCCCCCCCCCCCCCCCCCCCCCCCCCCCCC. The number of quaternary nitrogens is 1. The number of unbranched alkanes of at least 4 members (excludes halogenated alkanes) is 56. The van der Waals surface area contributed by atoms with Crippen molar-refractivity contribution < 1.29 is 32.9 Å². The molecule has 0 aliphatic rings. The van der Waals surface area contributed by atoms with Gasteiger partial charge in [0, 0.05) is 6.42 Å². The first-order valence-electron chi connectivity index (χ1n) is 36.6. The lowest BCUT2D eigenvalue weighted by Crippen LogP contribution is -2.45. The van der Waals surface area contributed by atoms with Gasteiger partial charge in [-0.15, -0.1) is 0 Å². The Morgan fingerprint density at radius 2 is 0.667 bits per heavy atom. The standard InChI is InChI=1S/C72H145N2O6P/c1-6-8-10-12-14-16-18-20-22-24-26-28-30-32-34-35-36-37-38-40-42-44-46-48-50-52-54-56-58-60-62-64-66-72(76)73-70(69-80-81(77,78)79-68-67-74(3,4)5)71(75)65-63-61-59-57-55-53-51-49-47-45-43-41-39-33-31-29-27-25-23-21-19-17-15-13-11-9-7-2/h63,65,70-71,75H,6-62,64,66-69H2,1-5H3,(H-,73,76,77,78)/b65-63+. The number of likely N-dealkylation sites (N-methyl/N-ethyl adjacent to an activating group) is 1. The van der Waals surface area contributed by atoms with Gasteiger partial charge in [0.15, 0.2) is 0 Å². The van der Waals surface area contributed by atoms with Gasteiger partial charge in [-0.1, -0.05) is 379 Å². The molecular weight excluding hydrogens is 1020 g/mol. The maximum atomic E-state index is 13.0. The van der Waals surface area contributed by atoms with Crippen LogP contribution in [-0.4, -0.2) is 68.5 Å². The Kier molecular flexibility index (Phi) is 63.1. The van der Waals surface area contributed by atoms with E-state index in [4.69, 9.17) is 9.05 Å². The van der Waals surface area contributed by atoms with Crippen LogP contribution < -0.4 is 10.2 Å². The molecule has 0 aromatic carbocycles. The molecule has 0 saturated heterocycles. The molecule has 0 fully saturated rings. The summed E-state index contributed by atoms with van der Waals surface area (Å²) in [4.78, 5) is 25.6. The van der Waals surface area contributed by atoms with Crippen LogP contribution in [0.15, 0.2) is 12.2 Å². The lowest BCUT2D eigenvalue weighted by atomic mass is 10.0. The smallest absolute Gasteiger partial charge is 0.268 e. The number of hydrogen-bond donors (Lipinski definition) is 2. The number of allylic oxidation sites excluding steroid dienone is 1. The minimum atomic E-state index is -4.60. The van der Waals surface area contributed by atoms with E-state index in [1.165, 1.54) is 334 Å². The average Bonchev–Trinajstić information content (AvgIpc) is 3.43. The van der Waals surface area contributed by atoms with Crippen LogP contribution in [-0.2, 0) is 18.4 Å². The van der Waals surface area contributed by atoms with Crippen molar-refractivity contribution in [3.63, 3.8) is 0 Å². The summed E-state index contributed by atoms with van der Waals surface area (Å²) in [5.74, 6) is -0.187. The summed E-state index contributed by atoms with van der Waals surface area (Å²) in [6.07, 6.45) is 82.1. The second kappa shape index (κ2) is 63.7. The molecule has 0 saturated carbocycles. The molecule has 0 bridgehead atoms. The highest BCUT2D eigenvalue weighted by Gasteiger charge is 2.23. The van der Waals surface area contributed by atoms with Crippen molar-refractivity contribution >= 4 is 13.7 Å². The van der Waals surface area contributed by atoms with Crippen molar-refractivity contribution in [2.24, 2.45) is 0 Å². The minimum absolute atomic E-state index is 0.00306. The predicted molar refractivity (Wildman–Crippen MR) is 353 cm³/mol. The van der Waals surface area contributed by atoms with Crippen molar-refractivity contribution in [1.82, 2.24) is 5.32 Å². The highest BCUT2D eigenvalue weighted by Crippen LogP contribution is 2.38. The number of nitrogens with zero attached hydrogens (tertiary/aromatic N) is 1. The molecule has 3 unspecified atom stereocenters.